The quantitative estimate of drug-likeness (QED) is 0.771. The van der Waals surface area contributed by atoms with E-state index in [9.17, 15) is 5.11 Å². The lowest BCUT2D eigenvalue weighted by Gasteiger charge is -2.35. The first-order valence-electron chi connectivity index (χ1n) is 7.12. The van der Waals surface area contributed by atoms with Crippen molar-refractivity contribution in [2.45, 2.75) is 51.2 Å². The third-order valence-corrected chi connectivity index (χ3v) is 3.68. The number of aliphatic hydroxyl groups excluding tert-OH is 1. The van der Waals surface area contributed by atoms with Crippen molar-refractivity contribution in [2.75, 3.05) is 13.1 Å². The van der Waals surface area contributed by atoms with Crippen molar-refractivity contribution in [3.05, 3.63) is 24.3 Å². The van der Waals surface area contributed by atoms with Crippen molar-refractivity contribution >= 4 is 0 Å². The second-order valence-electron chi connectivity index (χ2n) is 5.31. The van der Waals surface area contributed by atoms with Crippen LogP contribution < -0.4 is 0 Å². The normalized spacial score (nSPS) is 22.3. The molecule has 19 heavy (non-hydrogen) atoms. The first-order chi connectivity index (χ1) is 9.20. The zero-order valence-electron chi connectivity index (χ0n) is 11.7. The number of aryl methyl sites for hydroxylation is 1. The van der Waals surface area contributed by atoms with Gasteiger partial charge < -0.3 is 5.11 Å². The third-order valence-electron chi connectivity index (χ3n) is 3.68. The van der Waals surface area contributed by atoms with Crippen molar-refractivity contribution in [1.82, 2.24) is 20.1 Å². The van der Waals surface area contributed by atoms with E-state index < -0.39 is 0 Å². The van der Waals surface area contributed by atoms with Gasteiger partial charge in [0.25, 0.3) is 0 Å². The predicted octanol–water partition coefficient (Wildman–Crippen LogP) is 1.97. The van der Waals surface area contributed by atoms with Crippen LogP contribution in [0, 0.1) is 6.92 Å². The third kappa shape index (κ3) is 3.88. The maximum absolute atomic E-state index is 10.1. The lowest BCUT2D eigenvalue weighted by Crippen LogP contribution is -2.39. The summed E-state index contributed by atoms with van der Waals surface area (Å²) in [5, 5.41) is 17.3. The zero-order valence-corrected chi connectivity index (χ0v) is 11.7. The fourth-order valence-corrected chi connectivity index (χ4v) is 2.68. The summed E-state index contributed by atoms with van der Waals surface area (Å²) in [5.41, 5.74) is 0. The highest BCUT2D eigenvalue weighted by molar-refractivity contribution is 4.98. The second kappa shape index (κ2) is 6.82. The molecule has 5 nitrogen and oxygen atoms in total. The molecule has 0 bridgehead atoms. The molecule has 2 rings (SSSR count). The van der Waals surface area contributed by atoms with Crippen LogP contribution in [0.3, 0.4) is 0 Å². The van der Waals surface area contributed by atoms with E-state index >= 15 is 0 Å². The topological polar surface area (TPSA) is 65.0 Å². The smallest absolute Gasteiger partial charge is 0.167 e. The number of hydrogen-bond acceptors (Lipinski definition) is 4. The molecule has 0 unspecified atom stereocenters. The maximum Gasteiger partial charge on any atom is 0.167 e. The average Bonchev–Trinajstić information content (AvgIpc) is 2.83. The van der Waals surface area contributed by atoms with Crippen LogP contribution in [-0.4, -0.2) is 44.4 Å². The summed E-state index contributed by atoms with van der Waals surface area (Å²) in [6, 6.07) is 0.247. The SMILES string of the molecule is C=CCC[C@H](O)CN1CCCC[C@H]1c1n[nH]c(C)n1. The Labute approximate surface area is 114 Å². The number of H-pyrrole nitrogens is 1. The van der Waals surface area contributed by atoms with Crippen LogP contribution in [0.5, 0.6) is 0 Å². The molecule has 1 fully saturated rings. The van der Waals surface area contributed by atoms with Crippen molar-refractivity contribution in [3.63, 3.8) is 0 Å². The van der Waals surface area contributed by atoms with E-state index in [1.54, 1.807) is 0 Å². The van der Waals surface area contributed by atoms with Gasteiger partial charge in [-0.25, -0.2) is 4.98 Å². The van der Waals surface area contributed by atoms with Gasteiger partial charge in [0.2, 0.25) is 0 Å². The minimum absolute atomic E-state index is 0.247. The number of hydrogen-bond donors (Lipinski definition) is 2. The van der Waals surface area contributed by atoms with Gasteiger partial charge in [-0.1, -0.05) is 12.5 Å². The molecule has 106 valence electrons. The number of aromatic amines is 1. The molecule has 1 aliphatic rings. The van der Waals surface area contributed by atoms with Crippen molar-refractivity contribution < 1.29 is 5.11 Å². The van der Waals surface area contributed by atoms with Crippen molar-refractivity contribution in [2.24, 2.45) is 0 Å². The summed E-state index contributed by atoms with van der Waals surface area (Å²) < 4.78 is 0. The lowest BCUT2D eigenvalue weighted by atomic mass is 10.0. The van der Waals surface area contributed by atoms with Gasteiger partial charge in [-0.3, -0.25) is 10.00 Å². The Hall–Kier alpha value is -1.20. The number of nitrogens with one attached hydrogen (secondary N) is 1. The summed E-state index contributed by atoms with van der Waals surface area (Å²) in [4.78, 5) is 6.77. The molecule has 0 aromatic carbocycles. The number of rotatable bonds is 6. The Bertz CT molecular complexity index is 404. The molecule has 0 radical (unpaired) electrons. The number of aliphatic hydroxyl groups is 1. The first-order valence-corrected chi connectivity index (χ1v) is 7.12. The van der Waals surface area contributed by atoms with E-state index in [0.717, 1.165) is 37.5 Å². The number of allylic oxidation sites excluding steroid dienone is 1. The second-order valence-corrected chi connectivity index (χ2v) is 5.31. The van der Waals surface area contributed by atoms with E-state index in [-0.39, 0.29) is 12.1 Å². The molecule has 0 saturated carbocycles. The van der Waals surface area contributed by atoms with E-state index in [1.165, 1.54) is 12.8 Å². The molecule has 0 amide bonds. The fourth-order valence-electron chi connectivity index (χ4n) is 2.68. The summed E-state index contributed by atoms with van der Waals surface area (Å²) in [6.45, 7) is 7.33. The largest absolute Gasteiger partial charge is 0.392 e. The van der Waals surface area contributed by atoms with E-state index in [2.05, 4.69) is 26.7 Å². The van der Waals surface area contributed by atoms with Gasteiger partial charge in [-0.2, -0.15) is 5.10 Å². The summed E-state index contributed by atoms with van der Waals surface area (Å²) in [7, 11) is 0. The van der Waals surface area contributed by atoms with Gasteiger partial charge in [-0.05, 0) is 39.2 Å². The Kier molecular flexibility index (Phi) is 5.10. The van der Waals surface area contributed by atoms with Gasteiger partial charge in [0.05, 0.1) is 12.1 Å². The van der Waals surface area contributed by atoms with Crippen molar-refractivity contribution in [1.29, 1.82) is 0 Å². The highest BCUT2D eigenvalue weighted by atomic mass is 16.3. The summed E-state index contributed by atoms with van der Waals surface area (Å²) >= 11 is 0. The molecule has 1 aromatic heterocycles. The minimum atomic E-state index is -0.293. The highest BCUT2D eigenvalue weighted by Crippen LogP contribution is 2.29. The molecule has 0 aliphatic carbocycles. The maximum atomic E-state index is 10.1. The van der Waals surface area contributed by atoms with Gasteiger partial charge in [0.15, 0.2) is 5.82 Å². The Balaban J connectivity index is 1.97. The van der Waals surface area contributed by atoms with E-state index in [0.29, 0.717) is 6.54 Å². The lowest BCUT2D eigenvalue weighted by molar-refractivity contribution is 0.0603. The minimum Gasteiger partial charge on any atom is -0.392 e. The Morgan fingerprint density at radius 2 is 2.42 bits per heavy atom. The molecule has 1 saturated heterocycles. The number of nitrogens with zero attached hydrogens (tertiary/aromatic N) is 3. The molecule has 2 atom stereocenters. The molecule has 1 aromatic rings. The molecule has 1 aliphatic heterocycles. The molecule has 0 spiro atoms. The van der Waals surface area contributed by atoms with Crippen LogP contribution in [0.1, 0.15) is 49.8 Å². The number of piperidine rings is 1. The monoisotopic (exact) mass is 264 g/mol. The summed E-state index contributed by atoms with van der Waals surface area (Å²) in [5.74, 6) is 1.72. The van der Waals surface area contributed by atoms with Crippen LogP contribution in [0.4, 0.5) is 0 Å². The van der Waals surface area contributed by atoms with E-state index in [1.807, 2.05) is 13.0 Å². The zero-order chi connectivity index (χ0) is 13.7. The standard InChI is InChI=1S/C14H24N4O/c1-3-4-7-12(19)10-18-9-6-5-8-13(18)14-15-11(2)16-17-14/h3,12-13,19H,1,4-10H2,2H3,(H,15,16,17)/t12-,13-/m0/s1. The Morgan fingerprint density at radius 3 is 3.11 bits per heavy atom. The predicted molar refractivity (Wildman–Crippen MR) is 74.7 cm³/mol. The van der Waals surface area contributed by atoms with Gasteiger partial charge >= 0.3 is 0 Å². The average molecular weight is 264 g/mol. The molecular weight excluding hydrogens is 240 g/mol. The van der Waals surface area contributed by atoms with Gasteiger partial charge in [0, 0.05) is 6.54 Å². The summed E-state index contributed by atoms with van der Waals surface area (Å²) in [6.07, 6.45) is 6.67. The van der Waals surface area contributed by atoms with Crippen LogP contribution in [0.15, 0.2) is 12.7 Å². The number of likely N-dealkylation sites (tertiary alicyclic amines) is 1. The Morgan fingerprint density at radius 1 is 1.58 bits per heavy atom. The number of aromatic nitrogens is 3. The van der Waals surface area contributed by atoms with Crippen LogP contribution >= 0.6 is 0 Å². The van der Waals surface area contributed by atoms with Crippen LogP contribution in [0.25, 0.3) is 0 Å². The molecule has 5 heteroatoms. The molecule has 2 heterocycles. The van der Waals surface area contributed by atoms with E-state index in [4.69, 9.17) is 0 Å². The first kappa shape index (κ1) is 14.2. The van der Waals surface area contributed by atoms with Crippen LogP contribution in [-0.2, 0) is 0 Å². The molecular formula is C14H24N4O. The fraction of sp³-hybridized carbons (Fsp3) is 0.714. The van der Waals surface area contributed by atoms with Gasteiger partial charge in [0.1, 0.15) is 5.82 Å². The number of β-amino-alcohol motifs (C(OH)–C–C–N with tert-alkyl or cyclic N) is 1. The highest BCUT2D eigenvalue weighted by Gasteiger charge is 2.28. The van der Waals surface area contributed by atoms with Gasteiger partial charge in [-0.15, -0.1) is 6.58 Å². The van der Waals surface area contributed by atoms with Crippen LogP contribution in [0.2, 0.25) is 0 Å². The molecule has 2 N–H and O–H groups in total. The van der Waals surface area contributed by atoms with Crippen molar-refractivity contribution in [3.8, 4) is 0 Å².